The second-order valence-corrected chi connectivity index (χ2v) is 8.75. The summed E-state index contributed by atoms with van der Waals surface area (Å²) in [5, 5.41) is 2.75. The number of amides is 1. The van der Waals surface area contributed by atoms with Gasteiger partial charge in [0.25, 0.3) is 10.0 Å². The summed E-state index contributed by atoms with van der Waals surface area (Å²) in [4.78, 5) is 12.4. The predicted octanol–water partition coefficient (Wildman–Crippen LogP) is 3.80. The highest BCUT2D eigenvalue weighted by molar-refractivity contribution is 7.92. The van der Waals surface area contributed by atoms with Gasteiger partial charge in [0, 0.05) is 12.1 Å². The monoisotopic (exact) mass is 454 g/mol. The van der Waals surface area contributed by atoms with Gasteiger partial charge in [0.05, 0.1) is 17.7 Å². The van der Waals surface area contributed by atoms with Gasteiger partial charge < -0.3 is 19.5 Å². The topological polar surface area (TPSA) is 103 Å². The molecule has 4 rings (SSSR count). The SMILES string of the molecule is COc1ccccc1NS(=O)(=O)c1cccc(NC(=O)CCc2ccc3c(c2)OCO3)c1. The molecule has 0 saturated heterocycles. The van der Waals surface area contributed by atoms with E-state index in [0.717, 1.165) is 5.56 Å². The van der Waals surface area contributed by atoms with Gasteiger partial charge in [-0.25, -0.2) is 8.42 Å². The van der Waals surface area contributed by atoms with Crippen LogP contribution in [-0.2, 0) is 21.2 Å². The van der Waals surface area contributed by atoms with E-state index in [-0.39, 0.29) is 24.0 Å². The third-order valence-corrected chi connectivity index (χ3v) is 6.22. The number of para-hydroxylation sites is 2. The van der Waals surface area contributed by atoms with Crippen LogP contribution in [-0.4, -0.2) is 28.2 Å². The largest absolute Gasteiger partial charge is 0.495 e. The van der Waals surface area contributed by atoms with Crippen molar-refractivity contribution >= 4 is 27.3 Å². The second kappa shape index (κ2) is 9.19. The maximum absolute atomic E-state index is 12.8. The van der Waals surface area contributed by atoms with Crippen LogP contribution >= 0.6 is 0 Å². The zero-order valence-electron chi connectivity index (χ0n) is 17.3. The zero-order valence-corrected chi connectivity index (χ0v) is 18.1. The molecule has 0 aliphatic carbocycles. The minimum absolute atomic E-state index is 0.0250. The minimum atomic E-state index is -3.87. The Bertz CT molecular complexity index is 1240. The number of nitrogens with one attached hydrogen (secondary N) is 2. The van der Waals surface area contributed by atoms with Crippen molar-refractivity contribution in [1.82, 2.24) is 0 Å². The Labute approximate surface area is 186 Å². The number of methoxy groups -OCH3 is 1. The van der Waals surface area contributed by atoms with Crippen molar-refractivity contribution in [3.8, 4) is 17.2 Å². The van der Waals surface area contributed by atoms with Crippen LogP contribution in [0.15, 0.2) is 71.6 Å². The lowest BCUT2D eigenvalue weighted by atomic mass is 10.1. The fourth-order valence-corrected chi connectivity index (χ4v) is 4.37. The van der Waals surface area contributed by atoms with Crippen LogP contribution in [0.3, 0.4) is 0 Å². The minimum Gasteiger partial charge on any atom is -0.495 e. The van der Waals surface area contributed by atoms with E-state index in [2.05, 4.69) is 10.0 Å². The summed E-state index contributed by atoms with van der Waals surface area (Å²) in [6.07, 6.45) is 0.742. The first kappa shape index (κ1) is 21.5. The molecule has 0 aromatic heterocycles. The van der Waals surface area contributed by atoms with Crippen molar-refractivity contribution in [3.05, 3.63) is 72.3 Å². The predicted molar refractivity (Wildman–Crippen MR) is 120 cm³/mol. The molecule has 1 aliphatic rings. The highest BCUT2D eigenvalue weighted by atomic mass is 32.2. The average Bonchev–Trinajstić information content (AvgIpc) is 3.26. The number of rotatable bonds is 8. The Kier molecular flexibility index (Phi) is 6.18. The highest BCUT2D eigenvalue weighted by Crippen LogP contribution is 2.33. The Balaban J connectivity index is 1.40. The van der Waals surface area contributed by atoms with E-state index in [1.54, 1.807) is 36.4 Å². The van der Waals surface area contributed by atoms with Gasteiger partial charge in [-0.15, -0.1) is 0 Å². The fourth-order valence-electron chi connectivity index (χ4n) is 3.25. The van der Waals surface area contributed by atoms with Crippen molar-refractivity contribution in [2.24, 2.45) is 0 Å². The number of hydrogen-bond acceptors (Lipinski definition) is 6. The highest BCUT2D eigenvalue weighted by Gasteiger charge is 2.18. The molecule has 32 heavy (non-hydrogen) atoms. The molecule has 3 aromatic carbocycles. The number of sulfonamides is 1. The first-order valence-corrected chi connectivity index (χ1v) is 11.4. The maximum Gasteiger partial charge on any atom is 0.262 e. The molecular formula is C23H22N2O6S. The molecule has 1 aliphatic heterocycles. The van der Waals surface area contributed by atoms with Crippen LogP contribution in [0.5, 0.6) is 17.2 Å². The Morgan fingerprint density at radius 2 is 1.81 bits per heavy atom. The van der Waals surface area contributed by atoms with Gasteiger partial charge in [0.2, 0.25) is 12.7 Å². The third-order valence-electron chi connectivity index (χ3n) is 4.86. The molecular weight excluding hydrogens is 432 g/mol. The number of carbonyl (C=O) groups is 1. The standard InChI is InChI=1S/C23H22N2O6S/c1-29-20-8-3-2-7-19(20)25-32(27,28)18-6-4-5-17(14-18)24-23(26)12-10-16-9-11-21-22(13-16)31-15-30-21/h2-9,11,13-14,25H,10,12,15H2,1H3,(H,24,26). The van der Waals surface area contributed by atoms with Gasteiger partial charge in [0.1, 0.15) is 5.75 Å². The Morgan fingerprint density at radius 3 is 2.66 bits per heavy atom. The van der Waals surface area contributed by atoms with E-state index in [9.17, 15) is 13.2 Å². The number of fused-ring (bicyclic) bond motifs is 1. The molecule has 0 saturated carbocycles. The maximum atomic E-state index is 12.8. The number of hydrogen-bond donors (Lipinski definition) is 2. The van der Waals surface area contributed by atoms with Crippen molar-refractivity contribution in [3.63, 3.8) is 0 Å². The molecule has 1 heterocycles. The van der Waals surface area contributed by atoms with E-state index in [1.807, 2.05) is 18.2 Å². The molecule has 9 heteroatoms. The van der Waals surface area contributed by atoms with E-state index in [4.69, 9.17) is 14.2 Å². The van der Waals surface area contributed by atoms with Crippen LogP contribution in [0, 0.1) is 0 Å². The lowest BCUT2D eigenvalue weighted by Crippen LogP contribution is -2.15. The van der Waals surface area contributed by atoms with E-state index in [1.165, 1.54) is 19.2 Å². The number of aryl methyl sites for hydroxylation is 1. The summed E-state index contributed by atoms with van der Waals surface area (Å²) in [7, 11) is -2.41. The number of benzene rings is 3. The molecule has 0 atom stereocenters. The number of carbonyl (C=O) groups excluding carboxylic acids is 1. The van der Waals surface area contributed by atoms with E-state index >= 15 is 0 Å². The molecule has 1 amide bonds. The average molecular weight is 455 g/mol. The molecule has 2 N–H and O–H groups in total. The lowest BCUT2D eigenvalue weighted by Gasteiger charge is -2.12. The van der Waals surface area contributed by atoms with E-state index in [0.29, 0.717) is 35.0 Å². The van der Waals surface area contributed by atoms with Gasteiger partial charge in [-0.1, -0.05) is 24.3 Å². The van der Waals surface area contributed by atoms with Gasteiger partial charge in [0.15, 0.2) is 11.5 Å². The van der Waals surface area contributed by atoms with Gasteiger partial charge in [-0.3, -0.25) is 9.52 Å². The molecule has 0 fully saturated rings. The summed E-state index contributed by atoms with van der Waals surface area (Å²) >= 11 is 0. The lowest BCUT2D eigenvalue weighted by molar-refractivity contribution is -0.116. The van der Waals surface area contributed by atoms with Crippen molar-refractivity contribution in [1.29, 1.82) is 0 Å². The molecule has 166 valence electrons. The summed E-state index contributed by atoms with van der Waals surface area (Å²) < 4.78 is 44.0. The van der Waals surface area contributed by atoms with Gasteiger partial charge in [-0.05, 0) is 54.4 Å². The molecule has 3 aromatic rings. The normalized spacial score (nSPS) is 12.3. The van der Waals surface area contributed by atoms with Crippen LogP contribution < -0.4 is 24.2 Å². The first-order valence-electron chi connectivity index (χ1n) is 9.89. The fraction of sp³-hybridized carbons (Fsp3) is 0.174. The summed E-state index contributed by atoms with van der Waals surface area (Å²) in [6, 6.07) is 18.4. The summed E-state index contributed by atoms with van der Waals surface area (Å²) in [5.41, 5.74) is 1.67. The summed E-state index contributed by atoms with van der Waals surface area (Å²) in [6.45, 7) is 0.199. The molecule has 0 unspecified atom stereocenters. The number of ether oxygens (including phenoxy) is 3. The molecule has 0 spiro atoms. The van der Waals surface area contributed by atoms with E-state index < -0.39 is 10.0 Å². The number of anilines is 2. The molecule has 0 bridgehead atoms. The van der Waals surface area contributed by atoms with Gasteiger partial charge >= 0.3 is 0 Å². The molecule has 8 nitrogen and oxygen atoms in total. The van der Waals surface area contributed by atoms with Crippen molar-refractivity contribution < 1.29 is 27.4 Å². The van der Waals surface area contributed by atoms with Gasteiger partial charge in [-0.2, -0.15) is 0 Å². The Morgan fingerprint density at radius 1 is 1.00 bits per heavy atom. The molecule has 0 radical (unpaired) electrons. The van der Waals surface area contributed by atoms with Crippen molar-refractivity contribution in [2.45, 2.75) is 17.7 Å². The van der Waals surface area contributed by atoms with Crippen LogP contribution in [0.4, 0.5) is 11.4 Å². The summed E-state index contributed by atoms with van der Waals surface area (Å²) in [5.74, 6) is 1.54. The smallest absolute Gasteiger partial charge is 0.262 e. The van der Waals surface area contributed by atoms with Crippen molar-refractivity contribution in [2.75, 3.05) is 23.9 Å². The van der Waals surface area contributed by atoms with Crippen LogP contribution in [0.1, 0.15) is 12.0 Å². The van der Waals surface area contributed by atoms with Crippen LogP contribution in [0.2, 0.25) is 0 Å². The zero-order chi connectivity index (χ0) is 22.6. The third kappa shape index (κ3) is 4.94. The first-order chi connectivity index (χ1) is 15.4. The van der Waals surface area contributed by atoms with Crippen LogP contribution in [0.25, 0.3) is 0 Å². The second-order valence-electron chi connectivity index (χ2n) is 7.07. The Hall–Kier alpha value is -3.72. The quantitative estimate of drug-likeness (QED) is 0.537.